The van der Waals surface area contributed by atoms with Gasteiger partial charge in [0.15, 0.2) is 0 Å². The van der Waals surface area contributed by atoms with Crippen LogP contribution in [0.4, 0.5) is 0 Å². The van der Waals surface area contributed by atoms with E-state index in [9.17, 15) is 14.4 Å². The van der Waals surface area contributed by atoms with Gasteiger partial charge in [-0.25, -0.2) is 4.98 Å². The Balaban J connectivity index is 1.33. The van der Waals surface area contributed by atoms with Gasteiger partial charge in [-0.3, -0.25) is 14.4 Å². The van der Waals surface area contributed by atoms with Crippen molar-refractivity contribution in [1.29, 1.82) is 0 Å². The zero-order valence-corrected chi connectivity index (χ0v) is 26.3. The molecule has 0 radical (unpaired) electrons. The first-order valence-electron chi connectivity index (χ1n) is 15.1. The number of nitrogens with zero attached hydrogens (tertiary/aromatic N) is 3. The molecule has 1 fully saturated rings. The summed E-state index contributed by atoms with van der Waals surface area (Å²) in [6.07, 6.45) is 2.28. The molecule has 7 nitrogen and oxygen atoms in total. The summed E-state index contributed by atoms with van der Waals surface area (Å²) in [6.45, 7) is 13.3. The van der Waals surface area contributed by atoms with Crippen molar-refractivity contribution in [1.82, 2.24) is 20.1 Å². The predicted octanol–water partition coefficient (Wildman–Crippen LogP) is 6.17. The summed E-state index contributed by atoms with van der Waals surface area (Å²) in [6, 6.07) is 12.7. The summed E-state index contributed by atoms with van der Waals surface area (Å²) in [4.78, 5) is 50.1. The van der Waals surface area contributed by atoms with Crippen LogP contribution < -0.4 is 5.32 Å². The molecule has 8 heteroatoms. The van der Waals surface area contributed by atoms with Gasteiger partial charge in [-0.05, 0) is 79.3 Å². The van der Waals surface area contributed by atoms with E-state index in [0.717, 1.165) is 35.2 Å². The number of rotatable bonds is 9. The van der Waals surface area contributed by atoms with Gasteiger partial charge in [0.25, 0.3) is 5.91 Å². The Morgan fingerprint density at radius 2 is 1.86 bits per heavy atom. The molecule has 0 saturated carbocycles. The van der Waals surface area contributed by atoms with Crippen LogP contribution in [0, 0.1) is 18.8 Å². The van der Waals surface area contributed by atoms with Crippen molar-refractivity contribution in [2.45, 2.75) is 85.5 Å². The number of hydrogen-bond acceptors (Lipinski definition) is 5. The third-order valence-corrected chi connectivity index (χ3v) is 9.49. The second kappa shape index (κ2) is 12.4. The van der Waals surface area contributed by atoms with Crippen molar-refractivity contribution in [2.24, 2.45) is 11.8 Å². The molecule has 3 aromatic rings. The number of nitrogens with one attached hydrogen (secondary N) is 1. The number of hydrogen-bond donors (Lipinski definition) is 1. The summed E-state index contributed by atoms with van der Waals surface area (Å²) in [5.41, 5.74) is 7.97. The molecule has 42 heavy (non-hydrogen) atoms. The molecule has 1 aromatic heterocycles. The van der Waals surface area contributed by atoms with Gasteiger partial charge in [-0.2, -0.15) is 0 Å². The van der Waals surface area contributed by atoms with Crippen molar-refractivity contribution >= 4 is 29.1 Å². The molecule has 0 spiro atoms. The lowest BCUT2D eigenvalue weighted by Gasteiger charge is -2.35. The van der Waals surface area contributed by atoms with Crippen LogP contribution >= 0.6 is 11.3 Å². The second-order valence-electron chi connectivity index (χ2n) is 12.5. The van der Waals surface area contributed by atoms with Gasteiger partial charge in [-0.15, -0.1) is 11.3 Å². The lowest BCUT2D eigenvalue weighted by atomic mass is 9.92. The van der Waals surface area contributed by atoms with Gasteiger partial charge in [-0.1, -0.05) is 58.0 Å². The highest BCUT2D eigenvalue weighted by molar-refractivity contribution is 7.13. The minimum absolute atomic E-state index is 0.0849. The smallest absolute Gasteiger partial charge is 0.255 e. The van der Waals surface area contributed by atoms with E-state index in [2.05, 4.69) is 42.3 Å². The van der Waals surface area contributed by atoms with Crippen LogP contribution in [-0.4, -0.2) is 51.1 Å². The first-order chi connectivity index (χ1) is 20.1. The van der Waals surface area contributed by atoms with Crippen molar-refractivity contribution in [3.8, 4) is 10.4 Å². The predicted molar refractivity (Wildman–Crippen MR) is 167 cm³/mol. The van der Waals surface area contributed by atoms with Crippen LogP contribution in [0.1, 0.15) is 86.2 Å². The summed E-state index contributed by atoms with van der Waals surface area (Å²) >= 11 is 1.64. The Morgan fingerprint density at radius 3 is 2.52 bits per heavy atom. The molecule has 2 aliphatic heterocycles. The highest BCUT2D eigenvalue weighted by Gasteiger charge is 2.44. The molecule has 222 valence electrons. The Bertz CT molecular complexity index is 1480. The largest absolute Gasteiger partial charge is 0.348 e. The Morgan fingerprint density at radius 1 is 1.10 bits per heavy atom. The third-order valence-electron chi connectivity index (χ3n) is 8.51. The second-order valence-corrected chi connectivity index (χ2v) is 13.3. The van der Waals surface area contributed by atoms with E-state index in [0.29, 0.717) is 31.0 Å². The number of likely N-dealkylation sites (tertiary alicyclic amines) is 1. The zero-order chi connectivity index (χ0) is 30.1. The van der Waals surface area contributed by atoms with E-state index in [1.165, 1.54) is 10.4 Å². The average molecular weight is 587 g/mol. The summed E-state index contributed by atoms with van der Waals surface area (Å²) in [5, 5.41) is 3.24. The molecule has 1 saturated heterocycles. The fraction of sp³-hybridized carbons (Fsp3) is 0.471. The van der Waals surface area contributed by atoms with Crippen LogP contribution in [0.2, 0.25) is 0 Å². The Kier molecular flexibility index (Phi) is 8.83. The van der Waals surface area contributed by atoms with Gasteiger partial charge in [0, 0.05) is 18.7 Å². The SMILES string of the molecule is Cc1ncsc1-c1ccc(C(C)NC(=O)[C@@H]2CCCN2C(=O)[C@H](C(C)C)N2Cc3ccccc3C2=O)c(CC(C)C)c1. The van der Waals surface area contributed by atoms with Crippen molar-refractivity contribution < 1.29 is 14.4 Å². The van der Waals surface area contributed by atoms with Crippen molar-refractivity contribution in [3.05, 3.63) is 75.9 Å². The van der Waals surface area contributed by atoms with Gasteiger partial charge >= 0.3 is 0 Å². The molecule has 5 rings (SSSR count). The van der Waals surface area contributed by atoms with Crippen LogP contribution in [0.3, 0.4) is 0 Å². The number of fused-ring (bicyclic) bond motifs is 1. The number of aryl methyl sites for hydroxylation is 1. The first kappa shape index (κ1) is 30.0. The Hall–Kier alpha value is -3.52. The minimum atomic E-state index is -0.615. The number of carbonyl (C=O) groups excluding carboxylic acids is 3. The monoisotopic (exact) mass is 586 g/mol. The molecule has 0 bridgehead atoms. The van der Waals surface area contributed by atoms with E-state index in [1.54, 1.807) is 21.1 Å². The average Bonchev–Trinajstić information content (AvgIpc) is 3.68. The molecule has 3 amide bonds. The van der Waals surface area contributed by atoms with Gasteiger partial charge in [0.2, 0.25) is 11.8 Å². The lowest BCUT2D eigenvalue weighted by molar-refractivity contribution is -0.143. The fourth-order valence-corrected chi connectivity index (χ4v) is 7.31. The highest BCUT2D eigenvalue weighted by Crippen LogP contribution is 2.33. The normalized spacial score (nSPS) is 18.1. The third kappa shape index (κ3) is 5.87. The van der Waals surface area contributed by atoms with Crippen LogP contribution in [0.5, 0.6) is 0 Å². The molecule has 0 aliphatic carbocycles. The maximum atomic E-state index is 14.0. The number of aromatic nitrogens is 1. The number of thiazole rings is 1. The van der Waals surface area contributed by atoms with E-state index in [1.807, 2.05) is 57.5 Å². The van der Waals surface area contributed by atoms with Gasteiger partial charge in [0.1, 0.15) is 12.1 Å². The molecule has 1 N–H and O–H groups in total. The van der Waals surface area contributed by atoms with E-state index in [4.69, 9.17) is 0 Å². The quantitative estimate of drug-likeness (QED) is 0.325. The van der Waals surface area contributed by atoms with Crippen LogP contribution in [0.15, 0.2) is 48.0 Å². The van der Waals surface area contributed by atoms with E-state index in [-0.39, 0.29) is 29.7 Å². The summed E-state index contributed by atoms with van der Waals surface area (Å²) in [5.74, 6) is -0.00906. The van der Waals surface area contributed by atoms with Gasteiger partial charge < -0.3 is 15.1 Å². The maximum Gasteiger partial charge on any atom is 0.255 e. The van der Waals surface area contributed by atoms with Crippen molar-refractivity contribution in [2.75, 3.05) is 6.54 Å². The van der Waals surface area contributed by atoms with Crippen LogP contribution in [-0.2, 0) is 22.6 Å². The molecule has 2 aliphatic rings. The summed E-state index contributed by atoms with van der Waals surface area (Å²) < 4.78 is 0. The Labute approximate surface area is 253 Å². The summed E-state index contributed by atoms with van der Waals surface area (Å²) in [7, 11) is 0. The number of carbonyl (C=O) groups is 3. The lowest BCUT2D eigenvalue weighted by Crippen LogP contribution is -2.55. The minimum Gasteiger partial charge on any atom is -0.348 e. The number of benzene rings is 2. The molecule has 3 atom stereocenters. The number of amides is 3. The van der Waals surface area contributed by atoms with Crippen LogP contribution in [0.25, 0.3) is 10.4 Å². The zero-order valence-electron chi connectivity index (χ0n) is 25.5. The molecule has 3 heterocycles. The topological polar surface area (TPSA) is 82.6 Å². The maximum absolute atomic E-state index is 14.0. The highest BCUT2D eigenvalue weighted by atomic mass is 32.1. The molecule has 2 aromatic carbocycles. The molecular formula is C34H42N4O3S. The fourth-order valence-electron chi connectivity index (χ4n) is 6.51. The standard InChI is InChI=1S/C34H42N4O3S/c1-20(2)16-26-17-24(31-23(6)35-19-42-31)13-14-27(26)22(5)36-32(39)29-12-9-15-37(29)34(41)30(21(3)4)38-18-25-10-7-8-11-28(25)33(38)40/h7-8,10-11,13-14,17,19-22,29-30H,9,12,15-16,18H2,1-6H3,(H,36,39)/t22?,29-,30-/m0/s1. The molecular weight excluding hydrogens is 544 g/mol. The van der Waals surface area contributed by atoms with E-state index < -0.39 is 12.1 Å². The first-order valence-corrected chi connectivity index (χ1v) is 16.0. The van der Waals surface area contributed by atoms with E-state index >= 15 is 0 Å². The van der Waals surface area contributed by atoms with Gasteiger partial charge in [0.05, 0.1) is 22.1 Å². The molecule has 1 unspecified atom stereocenters. The van der Waals surface area contributed by atoms with Crippen molar-refractivity contribution in [3.63, 3.8) is 0 Å².